The van der Waals surface area contributed by atoms with Crippen LogP contribution in [0.25, 0.3) is 0 Å². The molecule has 0 radical (unpaired) electrons. The summed E-state index contributed by atoms with van der Waals surface area (Å²) in [5.41, 5.74) is 2.40. The number of imidazole rings is 1. The highest BCUT2D eigenvalue weighted by atomic mass is 32.1. The van der Waals surface area contributed by atoms with Crippen molar-refractivity contribution in [1.29, 1.82) is 0 Å². The van der Waals surface area contributed by atoms with Crippen molar-refractivity contribution in [3.63, 3.8) is 0 Å². The Balaban J connectivity index is 1.53. The summed E-state index contributed by atoms with van der Waals surface area (Å²) in [6.45, 7) is 8.54. The average Bonchev–Trinajstić information content (AvgIpc) is 3.10. The maximum absolute atomic E-state index is 4.66. The minimum Gasteiger partial charge on any atom is -0.334 e. The lowest BCUT2D eigenvalue weighted by atomic mass is 10.1. The molecule has 0 aromatic carbocycles. The molecular formula is C17H26N4S. The Morgan fingerprint density at radius 3 is 2.95 bits per heavy atom. The third-order valence-electron chi connectivity index (χ3n) is 4.72. The number of likely N-dealkylation sites (tertiary alicyclic amines) is 1. The van der Waals surface area contributed by atoms with Gasteiger partial charge in [-0.1, -0.05) is 6.07 Å². The second kappa shape index (κ2) is 6.94. The summed E-state index contributed by atoms with van der Waals surface area (Å²) in [4.78, 5) is 8.70. The van der Waals surface area contributed by atoms with Gasteiger partial charge in [0.05, 0.1) is 12.2 Å². The van der Waals surface area contributed by atoms with Crippen LogP contribution in [0.5, 0.6) is 0 Å². The van der Waals surface area contributed by atoms with Gasteiger partial charge >= 0.3 is 0 Å². The van der Waals surface area contributed by atoms with E-state index in [-0.39, 0.29) is 0 Å². The van der Waals surface area contributed by atoms with E-state index in [1.807, 2.05) is 11.3 Å². The molecule has 120 valence electrons. The zero-order valence-electron chi connectivity index (χ0n) is 13.8. The van der Waals surface area contributed by atoms with Gasteiger partial charge in [-0.25, -0.2) is 4.98 Å². The maximum atomic E-state index is 4.66. The van der Waals surface area contributed by atoms with E-state index in [4.69, 9.17) is 0 Å². The number of nitrogens with one attached hydrogen (secondary N) is 1. The molecule has 3 heterocycles. The summed E-state index contributed by atoms with van der Waals surface area (Å²) in [5, 5.41) is 5.87. The van der Waals surface area contributed by atoms with Crippen LogP contribution in [0, 0.1) is 13.8 Å². The number of hydrogen-bond donors (Lipinski definition) is 1. The second-order valence-electron chi connectivity index (χ2n) is 6.29. The zero-order valence-corrected chi connectivity index (χ0v) is 14.6. The van der Waals surface area contributed by atoms with Gasteiger partial charge < -0.3 is 9.88 Å². The summed E-state index contributed by atoms with van der Waals surface area (Å²) in [6.07, 6.45) is 2.55. The van der Waals surface area contributed by atoms with Crippen molar-refractivity contribution < 1.29 is 0 Å². The predicted octanol–water partition coefficient (Wildman–Crippen LogP) is 2.85. The fourth-order valence-electron chi connectivity index (χ4n) is 3.17. The van der Waals surface area contributed by atoms with E-state index in [1.54, 1.807) is 0 Å². The van der Waals surface area contributed by atoms with E-state index in [0.717, 1.165) is 31.2 Å². The van der Waals surface area contributed by atoms with Crippen LogP contribution in [-0.4, -0.2) is 33.6 Å². The largest absolute Gasteiger partial charge is 0.334 e. The Hall–Kier alpha value is -1.17. The minimum absolute atomic E-state index is 0.575. The normalized spacial score (nSPS) is 19.7. The molecule has 5 heteroatoms. The monoisotopic (exact) mass is 318 g/mol. The topological polar surface area (TPSA) is 33.1 Å². The molecule has 0 bridgehead atoms. The standard InChI is InChI=1S/C17H26N4S/c1-13-14(2)20(3)17(19-13)10-18-15-6-4-8-21(11-15)12-16-7-5-9-22-16/h5,7,9,15,18H,4,6,8,10-12H2,1-3H3. The van der Waals surface area contributed by atoms with Crippen molar-refractivity contribution in [2.75, 3.05) is 13.1 Å². The van der Waals surface area contributed by atoms with Gasteiger partial charge in [-0.15, -0.1) is 11.3 Å². The number of aryl methyl sites for hydroxylation is 1. The van der Waals surface area contributed by atoms with Crippen LogP contribution < -0.4 is 5.32 Å². The molecule has 1 aliphatic rings. The highest BCUT2D eigenvalue weighted by Crippen LogP contribution is 2.17. The summed E-state index contributed by atoms with van der Waals surface area (Å²) < 4.78 is 2.20. The predicted molar refractivity (Wildman–Crippen MR) is 92.1 cm³/mol. The molecule has 0 amide bonds. The Kier molecular flexibility index (Phi) is 4.96. The summed E-state index contributed by atoms with van der Waals surface area (Å²) in [6, 6.07) is 4.96. The first-order valence-electron chi connectivity index (χ1n) is 8.10. The number of nitrogens with zero attached hydrogens (tertiary/aromatic N) is 3. The molecule has 2 aromatic heterocycles. The summed E-state index contributed by atoms with van der Waals surface area (Å²) in [7, 11) is 2.11. The van der Waals surface area contributed by atoms with Crippen molar-refractivity contribution in [3.05, 3.63) is 39.6 Å². The van der Waals surface area contributed by atoms with E-state index >= 15 is 0 Å². The third-order valence-corrected chi connectivity index (χ3v) is 5.59. The molecule has 0 aliphatic carbocycles. The molecule has 1 saturated heterocycles. The van der Waals surface area contributed by atoms with Gasteiger partial charge in [-0.3, -0.25) is 4.90 Å². The molecule has 0 saturated carbocycles. The summed E-state index contributed by atoms with van der Waals surface area (Å²) >= 11 is 1.86. The number of rotatable bonds is 5. The molecule has 1 aliphatic heterocycles. The van der Waals surface area contributed by atoms with Crippen LogP contribution >= 0.6 is 11.3 Å². The van der Waals surface area contributed by atoms with Crippen LogP contribution in [0.3, 0.4) is 0 Å². The smallest absolute Gasteiger partial charge is 0.122 e. The molecule has 3 rings (SSSR count). The van der Waals surface area contributed by atoms with Crippen molar-refractivity contribution in [3.8, 4) is 0 Å². The van der Waals surface area contributed by atoms with E-state index in [0.29, 0.717) is 6.04 Å². The Morgan fingerprint density at radius 1 is 1.41 bits per heavy atom. The number of aromatic nitrogens is 2. The third kappa shape index (κ3) is 3.59. The van der Waals surface area contributed by atoms with Gasteiger partial charge in [-0.2, -0.15) is 0 Å². The first-order valence-corrected chi connectivity index (χ1v) is 8.98. The van der Waals surface area contributed by atoms with Gasteiger partial charge in [0.25, 0.3) is 0 Å². The first-order chi connectivity index (χ1) is 10.6. The number of thiophene rings is 1. The first kappa shape index (κ1) is 15.7. The molecule has 1 fully saturated rings. The van der Waals surface area contributed by atoms with Crippen molar-refractivity contribution in [2.45, 2.75) is 45.8 Å². The lowest BCUT2D eigenvalue weighted by molar-refractivity contribution is 0.183. The van der Waals surface area contributed by atoms with Gasteiger partial charge in [0, 0.05) is 36.8 Å². The Bertz CT molecular complexity index is 602. The van der Waals surface area contributed by atoms with E-state index in [1.165, 1.54) is 30.0 Å². The molecule has 2 aromatic rings. The van der Waals surface area contributed by atoms with Crippen LogP contribution in [0.2, 0.25) is 0 Å². The van der Waals surface area contributed by atoms with Gasteiger partial charge in [0.15, 0.2) is 0 Å². The maximum Gasteiger partial charge on any atom is 0.122 e. The zero-order chi connectivity index (χ0) is 15.5. The molecule has 1 N–H and O–H groups in total. The van der Waals surface area contributed by atoms with Crippen molar-refractivity contribution in [1.82, 2.24) is 19.8 Å². The van der Waals surface area contributed by atoms with Gasteiger partial charge in [-0.05, 0) is 44.7 Å². The molecule has 0 spiro atoms. The van der Waals surface area contributed by atoms with E-state index in [2.05, 4.69) is 58.2 Å². The highest BCUT2D eigenvalue weighted by molar-refractivity contribution is 7.09. The lowest BCUT2D eigenvalue weighted by Gasteiger charge is -2.33. The quantitative estimate of drug-likeness (QED) is 0.920. The second-order valence-corrected chi connectivity index (χ2v) is 7.32. The molecular weight excluding hydrogens is 292 g/mol. The Morgan fingerprint density at radius 2 is 2.27 bits per heavy atom. The van der Waals surface area contributed by atoms with Crippen molar-refractivity contribution in [2.24, 2.45) is 7.05 Å². The lowest BCUT2D eigenvalue weighted by Crippen LogP contribution is -2.45. The molecule has 22 heavy (non-hydrogen) atoms. The Labute approximate surface area is 137 Å². The molecule has 4 nitrogen and oxygen atoms in total. The van der Waals surface area contributed by atoms with Crippen LogP contribution in [0.15, 0.2) is 17.5 Å². The number of hydrogen-bond acceptors (Lipinski definition) is 4. The van der Waals surface area contributed by atoms with Crippen LogP contribution in [0.1, 0.15) is 34.9 Å². The fourth-order valence-corrected chi connectivity index (χ4v) is 3.91. The minimum atomic E-state index is 0.575. The van der Waals surface area contributed by atoms with E-state index in [9.17, 15) is 0 Å². The van der Waals surface area contributed by atoms with Crippen LogP contribution in [0.4, 0.5) is 0 Å². The molecule has 1 atom stereocenters. The highest BCUT2D eigenvalue weighted by Gasteiger charge is 2.20. The fraction of sp³-hybridized carbons (Fsp3) is 0.588. The van der Waals surface area contributed by atoms with Gasteiger partial charge in [0.1, 0.15) is 5.82 Å². The average molecular weight is 318 g/mol. The number of piperidine rings is 1. The van der Waals surface area contributed by atoms with Crippen LogP contribution in [-0.2, 0) is 20.1 Å². The van der Waals surface area contributed by atoms with Gasteiger partial charge in [0.2, 0.25) is 0 Å². The SMILES string of the molecule is Cc1nc(CNC2CCCN(Cc3cccs3)C2)n(C)c1C. The molecule has 1 unspecified atom stereocenters. The van der Waals surface area contributed by atoms with Crippen molar-refractivity contribution >= 4 is 11.3 Å². The van der Waals surface area contributed by atoms with E-state index < -0.39 is 0 Å². The summed E-state index contributed by atoms with van der Waals surface area (Å²) in [5.74, 6) is 1.14.